The summed E-state index contributed by atoms with van der Waals surface area (Å²) < 4.78 is 0. The lowest BCUT2D eigenvalue weighted by molar-refractivity contribution is 0.701. The van der Waals surface area contributed by atoms with Crippen LogP contribution in [-0.2, 0) is 0 Å². The third-order valence-corrected chi connectivity index (χ3v) is 2.49. The van der Waals surface area contributed by atoms with Crippen LogP contribution in [-0.4, -0.2) is 16.5 Å². The SMILES string of the molecule is CC(CN)c1nccc(C2CC2)n1. The van der Waals surface area contributed by atoms with Crippen molar-refractivity contribution in [2.24, 2.45) is 5.73 Å². The summed E-state index contributed by atoms with van der Waals surface area (Å²) in [7, 11) is 0. The highest BCUT2D eigenvalue weighted by Crippen LogP contribution is 2.38. The predicted octanol–water partition coefficient (Wildman–Crippen LogP) is 1.42. The average molecular weight is 177 g/mol. The molecule has 0 spiro atoms. The lowest BCUT2D eigenvalue weighted by atomic mass is 10.1. The van der Waals surface area contributed by atoms with Gasteiger partial charge in [-0.15, -0.1) is 0 Å². The lowest BCUT2D eigenvalue weighted by Crippen LogP contribution is -2.12. The Labute approximate surface area is 78.4 Å². The molecule has 3 heteroatoms. The van der Waals surface area contributed by atoms with Crippen molar-refractivity contribution in [2.45, 2.75) is 31.6 Å². The summed E-state index contributed by atoms with van der Waals surface area (Å²) in [5.41, 5.74) is 6.77. The van der Waals surface area contributed by atoms with Crippen molar-refractivity contribution in [2.75, 3.05) is 6.54 Å². The van der Waals surface area contributed by atoms with E-state index in [4.69, 9.17) is 5.73 Å². The van der Waals surface area contributed by atoms with Crippen LogP contribution in [0.25, 0.3) is 0 Å². The molecule has 0 radical (unpaired) electrons. The van der Waals surface area contributed by atoms with Gasteiger partial charge in [-0.2, -0.15) is 0 Å². The maximum absolute atomic E-state index is 5.57. The molecule has 70 valence electrons. The highest BCUT2D eigenvalue weighted by Gasteiger charge is 2.25. The minimum Gasteiger partial charge on any atom is -0.330 e. The highest BCUT2D eigenvalue weighted by molar-refractivity contribution is 5.15. The quantitative estimate of drug-likeness (QED) is 0.759. The van der Waals surface area contributed by atoms with E-state index in [0.717, 1.165) is 5.82 Å². The molecule has 1 aromatic rings. The van der Waals surface area contributed by atoms with Crippen molar-refractivity contribution < 1.29 is 0 Å². The molecule has 1 aliphatic rings. The van der Waals surface area contributed by atoms with Gasteiger partial charge in [0.05, 0.1) is 0 Å². The van der Waals surface area contributed by atoms with Crippen molar-refractivity contribution in [1.82, 2.24) is 9.97 Å². The van der Waals surface area contributed by atoms with Crippen molar-refractivity contribution >= 4 is 0 Å². The molecule has 2 N–H and O–H groups in total. The fourth-order valence-electron chi connectivity index (χ4n) is 1.34. The van der Waals surface area contributed by atoms with Crippen LogP contribution in [0.2, 0.25) is 0 Å². The Morgan fingerprint density at radius 1 is 1.62 bits per heavy atom. The molecule has 1 unspecified atom stereocenters. The average Bonchev–Trinajstić information content (AvgIpc) is 3.00. The Kier molecular flexibility index (Phi) is 2.27. The summed E-state index contributed by atoms with van der Waals surface area (Å²) in [4.78, 5) is 8.74. The van der Waals surface area contributed by atoms with E-state index < -0.39 is 0 Å². The van der Waals surface area contributed by atoms with Crippen LogP contribution >= 0.6 is 0 Å². The zero-order chi connectivity index (χ0) is 9.26. The first-order valence-electron chi connectivity index (χ1n) is 4.84. The number of rotatable bonds is 3. The number of hydrogen-bond donors (Lipinski definition) is 1. The fraction of sp³-hybridized carbons (Fsp3) is 0.600. The molecule has 3 nitrogen and oxygen atoms in total. The van der Waals surface area contributed by atoms with Gasteiger partial charge >= 0.3 is 0 Å². The molecule has 2 rings (SSSR count). The van der Waals surface area contributed by atoms with Gasteiger partial charge in [-0.1, -0.05) is 6.92 Å². The van der Waals surface area contributed by atoms with Crippen LogP contribution in [0, 0.1) is 0 Å². The monoisotopic (exact) mass is 177 g/mol. The largest absolute Gasteiger partial charge is 0.330 e. The Bertz CT molecular complexity index is 294. The molecule has 1 saturated carbocycles. The second-order valence-corrected chi connectivity index (χ2v) is 3.75. The van der Waals surface area contributed by atoms with Gasteiger partial charge < -0.3 is 5.73 Å². The summed E-state index contributed by atoms with van der Waals surface area (Å²) in [6.07, 6.45) is 4.42. The molecule has 1 heterocycles. The van der Waals surface area contributed by atoms with Gasteiger partial charge in [0.2, 0.25) is 0 Å². The molecule has 0 amide bonds. The zero-order valence-electron chi connectivity index (χ0n) is 7.90. The number of nitrogens with two attached hydrogens (primary N) is 1. The third kappa shape index (κ3) is 1.86. The minimum atomic E-state index is 0.277. The van der Waals surface area contributed by atoms with E-state index in [-0.39, 0.29) is 5.92 Å². The second kappa shape index (κ2) is 3.42. The van der Waals surface area contributed by atoms with Crippen LogP contribution in [0.5, 0.6) is 0 Å². The van der Waals surface area contributed by atoms with Crippen molar-refractivity contribution in [1.29, 1.82) is 0 Å². The smallest absolute Gasteiger partial charge is 0.132 e. The summed E-state index contributed by atoms with van der Waals surface area (Å²) in [6.45, 7) is 2.68. The number of hydrogen-bond acceptors (Lipinski definition) is 3. The van der Waals surface area contributed by atoms with E-state index in [1.165, 1.54) is 18.5 Å². The van der Waals surface area contributed by atoms with Crippen molar-refractivity contribution in [3.05, 3.63) is 23.8 Å². The standard InChI is InChI=1S/C10H15N3/c1-7(6-11)10-12-5-4-9(13-10)8-2-3-8/h4-5,7-8H,2-3,6,11H2,1H3. The predicted molar refractivity (Wildman–Crippen MR) is 51.5 cm³/mol. The summed E-state index contributed by atoms with van der Waals surface area (Å²) in [6, 6.07) is 2.02. The molecular weight excluding hydrogens is 162 g/mol. The Morgan fingerprint density at radius 3 is 3.00 bits per heavy atom. The van der Waals surface area contributed by atoms with Crippen molar-refractivity contribution in [3.8, 4) is 0 Å². The molecule has 0 saturated heterocycles. The second-order valence-electron chi connectivity index (χ2n) is 3.75. The maximum atomic E-state index is 5.57. The molecule has 0 bridgehead atoms. The highest BCUT2D eigenvalue weighted by atomic mass is 14.9. The van der Waals surface area contributed by atoms with Crippen LogP contribution < -0.4 is 5.73 Å². The van der Waals surface area contributed by atoms with Gasteiger partial charge in [-0.05, 0) is 18.9 Å². The van der Waals surface area contributed by atoms with Crippen molar-refractivity contribution in [3.63, 3.8) is 0 Å². The van der Waals surface area contributed by atoms with E-state index in [1.807, 2.05) is 12.3 Å². The van der Waals surface area contributed by atoms with E-state index in [1.54, 1.807) is 0 Å². The molecular formula is C10H15N3. The summed E-state index contributed by atoms with van der Waals surface area (Å²) >= 11 is 0. The number of aromatic nitrogens is 2. The molecule has 13 heavy (non-hydrogen) atoms. The Morgan fingerprint density at radius 2 is 2.38 bits per heavy atom. The van der Waals surface area contributed by atoms with Crippen LogP contribution in [0.1, 0.15) is 43.1 Å². The lowest BCUT2D eigenvalue weighted by Gasteiger charge is -2.07. The summed E-state index contributed by atoms with van der Waals surface area (Å²) in [5.74, 6) is 1.87. The molecule has 1 aromatic heterocycles. The summed E-state index contributed by atoms with van der Waals surface area (Å²) in [5, 5.41) is 0. The Balaban J connectivity index is 2.21. The normalized spacial score (nSPS) is 18.6. The van der Waals surface area contributed by atoms with Gasteiger partial charge in [0.1, 0.15) is 5.82 Å². The third-order valence-electron chi connectivity index (χ3n) is 2.49. The topological polar surface area (TPSA) is 51.8 Å². The Hall–Kier alpha value is -0.960. The molecule has 0 aromatic carbocycles. The maximum Gasteiger partial charge on any atom is 0.132 e. The molecule has 1 aliphatic carbocycles. The minimum absolute atomic E-state index is 0.277. The zero-order valence-corrected chi connectivity index (χ0v) is 7.90. The first-order valence-corrected chi connectivity index (χ1v) is 4.84. The van der Waals surface area contributed by atoms with Gasteiger partial charge in [0, 0.05) is 30.3 Å². The molecule has 1 fully saturated rings. The van der Waals surface area contributed by atoms with Crippen LogP contribution in [0.15, 0.2) is 12.3 Å². The molecule has 1 atom stereocenters. The van der Waals surface area contributed by atoms with Crippen LogP contribution in [0.4, 0.5) is 0 Å². The van der Waals surface area contributed by atoms with Gasteiger partial charge in [0.25, 0.3) is 0 Å². The van der Waals surface area contributed by atoms with E-state index in [9.17, 15) is 0 Å². The number of nitrogens with zero attached hydrogens (tertiary/aromatic N) is 2. The van der Waals surface area contributed by atoms with E-state index >= 15 is 0 Å². The first-order chi connectivity index (χ1) is 6.31. The van der Waals surface area contributed by atoms with E-state index in [2.05, 4.69) is 16.9 Å². The van der Waals surface area contributed by atoms with Gasteiger partial charge in [-0.25, -0.2) is 9.97 Å². The van der Waals surface area contributed by atoms with Crippen LogP contribution in [0.3, 0.4) is 0 Å². The van der Waals surface area contributed by atoms with Gasteiger partial charge in [-0.3, -0.25) is 0 Å². The van der Waals surface area contributed by atoms with Gasteiger partial charge in [0.15, 0.2) is 0 Å². The first kappa shape index (κ1) is 8.63. The fourth-order valence-corrected chi connectivity index (χ4v) is 1.34. The molecule has 0 aliphatic heterocycles. The van der Waals surface area contributed by atoms with E-state index in [0.29, 0.717) is 12.5 Å².